The fourth-order valence-corrected chi connectivity index (χ4v) is 12.1. The highest BCUT2D eigenvalue weighted by atomic mass is 19.1. The standard InChI is InChI=1S/C21H20FN3O2.2C20H18FN3O2.2C19H18N4O2/c1-3-15-6-5-7-17(24-15)10-21(26)20-11-18(9-16(4-2)25-20)27-19-8-14(22)12-23-13-19;2*1-3-15-7-17(26-18-6-14(21)11-22-12-18)9-19(24-15)20(25)8-16-5-4-13(2)10-23-16;2*1-3-14-7-16(25-17-10-20-12-21-11-17)9-18(23-14)19(24)8-15-6-4-5-13(2)22-15/h5-9,11-13H,3-4,10H2,1-2H3;2*4-7,9-12H,3,8H2,1-2H3;2*4-7,9-12H,3,8H2,1-2H3. The highest BCUT2D eigenvalue weighted by Crippen LogP contribution is 2.30. The third-order valence-electron chi connectivity index (χ3n) is 18.6. The molecule has 0 aromatic carbocycles. The molecule has 15 aromatic heterocycles. The molecule has 129 heavy (non-hydrogen) atoms. The maximum atomic E-state index is 13.3. The van der Waals surface area contributed by atoms with Gasteiger partial charge in [0.2, 0.25) is 0 Å². The molecule has 654 valence electrons. The van der Waals surface area contributed by atoms with Crippen LogP contribution in [-0.4, -0.2) is 114 Å². The summed E-state index contributed by atoms with van der Waals surface area (Å²) in [5.74, 6) is 2.04. The van der Waals surface area contributed by atoms with E-state index >= 15 is 0 Å². The summed E-state index contributed by atoms with van der Waals surface area (Å²) >= 11 is 0. The third-order valence-corrected chi connectivity index (χ3v) is 18.6. The molecule has 15 heterocycles. The molecular weight excluding hydrogens is 1640 g/mol. The summed E-state index contributed by atoms with van der Waals surface area (Å²) < 4.78 is 68.3. The third kappa shape index (κ3) is 30.3. The molecule has 0 fully saturated rings. The van der Waals surface area contributed by atoms with Crippen LogP contribution in [0.3, 0.4) is 0 Å². The lowest BCUT2D eigenvalue weighted by Crippen LogP contribution is -2.09. The lowest BCUT2D eigenvalue weighted by molar-refractivity contribution is 0.0978. The molecule has 15 aromatic rings. The first kappa shape index (κ1) is 93.9. The van der Waals surface area contributed by atoms with Gasteiger partial charge >= 0.3 is 0 Å². The van der Waals surface area contributed by atoms with Crippen LogP contribution in [0.5, 0.6) is 57.5 Å². The van der Waals surface area contributed by atoms with E-state index in [9.17, 15) is 37.1 Å². The summed E-state index contributed by atoms with van der Waals surface area (Å²) in [7, 11) is 0. The van der Waals surface area contributed by atoms with Gasteiger partial charge in [0, 0.05) is 165 Å². The van der Waals surface area contributed by atoms with E-state index in [4.69, 9.17) is 23.7 Å². The van der Waals surface area contributed by atoms with Gasteiger partial charge in [0.05, 0.1) is 94.1 Å². The summed E-state index contributed by atoms with van der Waals surface area (Å²) in [6, 6.07) is 44.9. The summed E-state index contributed by atoms with van der Waals surface area (Å²) in [5.41, 5.74) is 13.7. The van der Waals surface area contributed by atoms with Crippen LogP contribution in [0.2, 0.25) is 0 Å². The van der Waals surface area contributed by atoms with Crippen molar-refractivity contribution in [2.24, 2.45) is 0 Å². The smallest absolute Gasteiger partial charge is 0.187 e. The lowest BCUT2D eigenvalue weighted by Gasteiger charge is -2.09. The SMILES string of the molecule is CCc1cc(Oc2cncc(F)c2)cc(C(=O)Cc2ccc(C)cn2)n1.CCc1cc(Oc2cncc(F)c2)cc(C(=O)Cc2ccc(C)cn2)n1.CCc1cc(Oc2cncnc2)cc(C(=O)Cc2cccc(C)n2)n1.CCc1cc(Oc2cncnc2)cc(C(=O)Cc2cccc(C)n2)n1.CCc1cccc(CC(=O)c2cc(Oc3cncc(F)c3)cc(CC)n2)n1. The normalized spacial score (nSPS) is 10.6. The Kier molecular flexibility index (Phi) is 34.5. The van der Waals surface area contributed by atoms with E-state index in [0.717, 1.165) is 81.7 Å². The van der Waals surface area contributed by atoms with Crippen LogP contribution in [0.4, 0.5) is 13.2 Å². The topological polar surface area (TPSA) is 351 Å². The maximum Gasteiger partial charge on any atom is 0.187 e. The minimum absolute atomic E-state index is 0.0949. The number of nitrogens with zero attached hydrogens (tertiary/aromatic N) is 17. The van der Waals surface area contributed by atoms with Gasteiger partial charge in [0.25, 0.3) is 0 Å². The largest absolute Gasteiger partial charge is 0.455 e. The van der Waals surface area contributed by atoms with E-state index in [1.807, 2.05) is 160 Å². The average Bonchev–Trinajstić information content (AvgIpc) is 0.848. The first-order chi connectivity index (χ1) is 62.4. The van der Waals surface area contributed by atoms with Gasteiger partial charge in [-0.15, -0.1) is 0 Å². The van der Waals surface area contributed by atoms with Crippen LogP contribution in [0.15, 0.2) is 245 Å². The maximum absolute atomic E-state index is 13.3. The summed E-state index contributed by atoms with van der Waals surface area (Å²) in [6.45, 7) is 19.5. The molecule has 0 bridgehead atoms. The first-order valence-electron chi connectivity index (χ1n) is 41.5. The minimum Gasteiger partial charge on any atom is -0.455 e. The molecule has 0 aliphatic heterocycles. The molecule has 0 saturated carbocycles. The second-order valence-electron chi connectivity index (χ2n) is 29.0. The highest BCUT2D eigenvalue weighted by Gasteiger charge is 2.21. The van der Waals surface area contributed by atoms with E-state index < -0.39 is 17.5 Å². The van der Waals surface area contributed by atoms with Crippen molar-refractivity contribution in [3.63, 3.8) is 0 Å². The molecule has 0 aliphatic carbocycles. The monoisotopic (exact) mass is 1740 g/mol. The molecule has 0 aliphatic rings. The van der Waals surface area contributed by atoms with Crippen molar-refractivity contribution in [2.75, 3.05) is 0 Å². The Morgan fingerprint density at radius 1 is 0.240 bits per heavy atom. The first-order valence-corrected chi connectivity index (χ1v) is 41.5. The summed E-state index contributed by atoms with van der Waals surface area (Å²) in [5, 5.41) is 0. The van der Waals surface area contributed by atoms with Crippen LogP contribution in [0, 0.1) is 45.1 Å². The van der Waals surface area contributed by atoms with E-state index in [1.165, 1.54) is 49.4 Å². The van der Waals surface area contributed by atoms with Gasteiger partial charge in [-0.25, -0.2) is 58.0 Å². The fraction of sp³-hybridized carbons (Fsp3) is 0.212. The Labute approximate surface area is 743 Å². The van der Waals surface area contributed by atoms with Crippen LogP contribution in [0.25, 0.3) is 0 Å². The quantitative estimate of drug-likeness (QED) is 0.0364. The van der Waals surface area contributed by atoms with Gasteiger partial charge in [0.15, 0.2) is 40.4 Å². The molecule has 0 unspecified atom stereocenters. The van der Waals surface area contributed by atoms with Crippen molar-refractivity contribution in [3.05, 3.63) is 376 Å². The van der Waals surface area contributed by atoms with Crippen molar-refractivity contribution < 1.29 is 60.8 Å². The number of halogens is 3. The van der Waals surface area contributed by atoms with E-state index in [-0.39, 0.29) is 78.3 Å². The van der Waals surface area contributed by atoms with Crippen molar-refractivity contribution in [3.8, 4) is 57.5 Å². The number of carbonyl (C=O) groups is 5. The molecule has 0 atom stereocenters. The highest BCUT2D eigenvalue weighted by molar-refractivity contribution is 5.98. The number of aromatic nitrogens is 17. The predicted molar refractivity (Wildman–Crippen MR) is 475 cm³/mol. The molecule has 30 heteroatoms. The Hall–Kier alpha value is -15.8. The number of pyridine rings is 13. The predicted octanol–water partition coefficient (Wildman–Crippen LogP) is 19.3. The van der Waals surface area contributed by atoms with Crippen LogP contribution >= 0.6 is 0 Å². The van der Waals surface area contributed by atoms with Gasteiger partial charge in [-0.1, -0.05) is 71.9 Å². The lowest BCUT2D eigenvalue weighted by atomic mass is 10.1. The Bertz CT molecular complexity index is 6050. The number of hydrogen-bond donors (Lipinski definition) is 0. The average molecular weight is 1740 g/mol. The Balaban J connectivity index is 0.000000156. The number of carbonyl (C=O) groups excluding carboxylic acids is 5. The van der Waals surface area contributed by atoms with Gasteiger partial charge in [-0.2, -0.15) is 0 Å². The van der Waals surface area contributed by atoms with Gasteiger partial charge in [0.1, 0.15) is 105 Å². The summed E-state index contributed by atoms with van der Waals surface area (Å²) in [4.78, 5) is 134. The van der Waals surface area contributed by atoms with Crippen molar-refractivity contribution in [2.45, 2.75) is 140 Å². The Morgan fingerprint density at radius 2 is 0.496 bits per heavy atom. The van der Waals surface area contributed by atoms with Gasteiger partial charge in [-0.05, 0) is 126 Å². The van der Waals surface area contributed by atoms with Crippen molar-refractivity contribution in [1.29, 1.82) is 0 Å². The summed E-state index contributed by atoms with van der Waals surface area (Å²) in [6.07, 6.45) is 25.1. The number of Topliss-reactive ketones (excluding diaryl/α,β-unsaturated/α-hetero) is 5. The van der Waals surface area contributed by atoms with Crippen LogP contribution in [0.1, 0.15) is 179 Å². The molecule has 0 N–H and O–H groups in total. The zero-order chi connectivity index (χ0) is 91.6. The number of aryl methyl sites for hydroxylation is 10. The fourth-order valence-electron chi connectivity index (χ4n) is 12.1. The zero-order valence-electron chi connectivity index (χ0n) is 72.7. The number of ether oxygens (including phenoxy) is 5. The number of ketones is 5. The Morgan fingerprint density at radius 3 is 0.760 bits per heavy atom. The van der Waals surface area contributed by atoms with E-state index in [2.05, 4.69) is 84.7 Å². The second kappa shape index (κ2) is 47.4. The number of hydrogen-bond acceptors (Lipinski definition) is 27. The molecule has 0 saturated heterocycles. The second-order valence-corrected chi connectivity index (χ2v) is 29.0. The molecule has 15 rings (SSSR count). The molecule has 0 amide bonds. The van der Waals surface area contributed by atoms with Crippen LogP contribution in [-0.2, 0) is 70.6 Å². The van der Waals surface area contributed by atoms with E-state index in [0.29, 0.717) is 129 Å². The van der Waals surface area contributed by atoms with Crippen LogP contribution < -0.4 is 23.7 Å². The minimum atomic E-state index is -0.492. The van der Waals surface area contributed by atoms with Gasteiger partial charge in [-0.3, -0.25) is 63.8 Å². The molecule has 0 spiro atoms. The molecular formula is C99H92F3N17O10. The molecule has 27 nitrogen and oxygen atoms in total. The van der Waals surface area contributed by atoms with Crippen molar-refractivity contribution in [1.82, 2.24) is 84.7 Å². The zero-order valence-corrected chi connectivity index (χ0v) is 72.7. The molecule has 0 radical (unpaired) electrons. The van der Waals surface area contributed by atoms with Crippen molar-refractivity contribution >= 4 is 28.9 Å². The number of rotatable bonds is 31. The van der Waals surface area contributed by atoms with Gasteiger partial charge < -0.3 is 23.7 Å². The van der Waals surface area contributed by atoms with E-state index in [1.54, 1.807) is 85.7 Å².